The summed E-state index contributed by atoms with van der Waals surface area (Å²) in [6.07, 6.45) is 8.75. The molecule has 1 atom stereocenters. The van der Waals surface area contributed by atoms with Gasteiger partial charge in [-0.15, -0.1) is 0 Å². The molecule has 0 spiro atoms. The van der Waals surface area contributed by atoms with Gasteiger partial charge in [-0.1, -0.05) is 37.8 Å². The average Bonchev–Trinajstić information content (AvgIpc) is 2.85. The normalized spacial score (nSPS) is 18.4. The summed E-state index contributed by atoms with van der Waals surface area (Å²) in [5, 5.41) is 9.57. The Bertz CT molecular complexity index is 402. The molecule has 0 aromatic carbocycles. The lowest BCUT2D eigenvalue weighted by molar-refractivity contribution is 0.508. The van der Waals surface area contributed by atoms with E-state index in [4.69, 9.17) is 11.6 Å². The Kier molecular flexibility index (Phi) is 6.72. The molecule has 1 N–H and O–H groups in total. The summed E-state index contributed by atoms with van der Waals surface area (Å²) in [6.45, 7) is 6.10. The predicted molar refractivity (Wildman–Crippen MR) is 88.7 cm³/mol. The van der Waals surface area contributed by atoms with E-state index in [-0.39, 0.29) is 0 Å². The van der Waals surface area contributed by atoms with Crippen molar-refractivity contribution in [3.05, 3.63) is 16.9 Å². The molecule has 1 unspecified atom stereocenters. The van der Waals surface area contributed by atoms with Gasteiger partial charge in [0, 0.05) is 17.5 Å². The maximum absolute atomic E-state index is 6.34. The van der Waals surface area contributed by atoms with Crippen LogP contribution >= 0.6 is 23.4 Å². The third-order valence-corrected chi connectivity index (χ3v) is 5.72. The van der Waals surface area contributed by atoms with E-state index in [0.29, 0.717) is 6.04 Å². The standard InChI is InChI=1S/C15H26ClN3S/c1-3-17-14(11-20-12-8-6-5-7-9-12)15-13(16)10-18-19(15)4-2/h10,12,14,17H,3-9,11H2,1-2H3. The minimum atomic E-state index is 0.307. The summed E-state index contributed by atoms with van der Waals surface area (Å²) in [6, 6.07) is 0.307. The van der Waals surface area contributed by atoms with Crippen molar-refractivity contribution in [2.45, 2.75) is 63.8 Å². The second-order valence-electron chi connectivity index (χ2n) is 5.40. The second kappa shape index (κ2) is 8.30. The average molecular weight is 316 g/mol. The van der Waals surface area contributed by atoms with Gasteiger partial charge in [-0.2, -0.15) is 16.9 Å². The van der Waals surface area contributed by atoms with Crippen LogP contribution in [0.15, 0.2) is 6.20 Å². The zero-order valence-corrected chi connectivity index (χ0v) is 14.1. The minimum Gasteiger partial charge on any atom is -0.308 e. The first-order valence-electron chi connectivity index (χ1n) is 7.82. The molecule has 114 valence electrons. The van der Waals surface area contributed by atoms with E-state index in [1.165, 1.54) is 32.1 Å². The van der Waals surface area contributed by atoms with Crippen molar-refractivity contribution in [1.82, 2.24) is 15.1 Å². The van der Waals surface area contributed by atoms with Gasteiger partial charge in [0.25, 0.3) is 0 Å². The third-order valence-electron chi connectivity index (χ3n) is 3.96. The van der Waals surface area contributed by atoms with E-state index in [1.807, 2.05) is 4.68 Å². The highest BCUT2D eigenvalue weighted by Gasteiger charge is 2.22. The van der Waals surface area contributed by atoms with Crippen molar-refractivity contribution in [3.8, 4) is 0 Å². The smallest absolute Gasteiger partial charge is 0.0834 e. The van der Waals surface area contributed by atoms with Crippen LogP contribution in [0.3, 0.4) is 0 Å². The van der Waals surface area contributed by atoms with Crippen LogP contribution in [0.1, 0.15) is 57.7 Å². The SMILES string of the molecule is CCNC(CSC1CCCCC1)c1c(Cl)cnn1CC. The highest BCUT2D eigenvalue weighted by molar-refractivity contribution is 7.99. The quantitative estimate of drug-likeness (QED) is 0.814. The third kappa shape index (κ3) is 4.15. The van der Waals surface area contributed by atoms with E-state index in [2.05, 4.69) is 36.0 Å². The van der Waals surface area contributed by atoms with Crippen molar-refractivity contribution in [2.24, 2.45) is 0 Å². The first-order valence-corrected chi connectivity index (χ1v) is 9.25. The fourth-order valence-corrected chi connectivity index (χ4v) is 4.60. The number of halogens is 1. The number of nitrogens with one attached hydrogen (secondary N) is 1. The van der Waals surface area contributed by atoms with Crippen LogP contribution < -0.4 is 5.32 Å². The number of aromatic nitrogens is 2. The van der Waals surface area contributed by atoms with Crippen LogP contribution in [0.2, 0.25) is 5.02 Å². The van der Waals surface area contributed by atoms with Crippen molar-refractivity contribution >= 4 is 23.4 Å². The Hall–Kier alpha value is -0.190. The first-order chi connectivity index (χ1) is 9.76. The van der Waals surface area contributed by atoms with E-state index < -0.39 is 0 Å². The lowest BCUT2D eigenvalue weighted by Crippen LogP contribution is -2.27. The van der Waals surface area contributed by atoms with Gasteiger partial charge in [0.05, 0.1) is 23.0 Å². The largest absolute Gasteiger partial charge is 0.308 e. The maximum Gasteiger partial charge on any atom is 0.0834 e. The molecule has 1 aromatic heterocycles. The van der Waals surface area contributed by atoms with Crippen LogP contribution in [0, 0.1) is 0 Å². The van der Waals surface area contributed by atoms with Crippen molar-refractivity contribution in [1.29, 1.82) is 0 Å². The number of hydrogen-bond donors (Lipinski definition) is 1. The molecule has 1 heterocycles. The predicted octanol–water partition coefficient (Wildman–Crippen LogP) is 4.27. The molecule has 3 nitrogen and oxygen atoms in total. The monoisotopic (exact) mass is 315 g/mol. The maximum atomic E-state index is 6.34. The van der Waals surface area contributed by atoms with Crippen LogP contribution in [0.25, 0.3) is 0 Å². The van der Waals surface area contributed by atoms with E-state index in [9.17, 15) is 0 Å². The number of nitrogens with zero attached hydrogens (tertiary/aromatic N) is 2. The molecular weight excluding hydrogens is 290 g/mol. The summed E-state index contributed by atoms with van der Waals surface area (Å²) in [5.74, 6) is 1.09. The van der Waals surface area contributed by atoms with Crippen LogP contribution in [0.5, 0.6) is 0 Å². The topological polar surface area (TPSA) is 29.9 Å². The van der Waals surface area contributed by atoms with E-state index >= 15 is 0 Å². The number of hydrogen-bond acceptors (Lipinski definition) is 3. The van der Waals surface area contributed by atoms with Gasteiger partial charge in [-0.25, -0.2) is 0 Å². The van der Waals surface area contributed by atoms with Gasteiger partial charge in [0.2, 0.25) is 0 Å². The Morgan fingerprint density at radius 2 is 2.15 bits per heavy atom. The summed E-state index contributed by atoms with van der Waals surface area (Å²) < 4.78 is 2.02. The van der Waals surface area contributed by atoms with Crippen molar-refractivity contribution in [3.63, 3.8) is 0 Å². The molecule has 1 aliphatic carbocycles. The summed E-state index contributed by atoms with van der Waals surface area (Å²) in [5.41, 5.74) is 1.15. The number of aryl methyl sites for hydroxylation is 1. The fourth-order valence-electron chi connectivity index (χ4n) is 2.92. The van der Waals surface area contributed by atoms with Gasteiger partial charge < -0.3 is 5.32 Å². The molecule has 5 heteroatoms. The number of rotatable bonds is 7. The molecule has 1 saturated carbocycles. The Labute approximate surface area is 131 Å². The molecule has 1 aromatic rings. The summed E-state index contributed by atoms with van der Waals surface area (Å²) >= 11 is 8.45. The molecule has 1 fully saturated rings. The van der Waals surface area contributed by atoms with Gasteiger partial charge in [-0.05, 0) is 26.3 Å². The zero-order valence-electron chi connectivity index (χ0n) is 12.6. The summed E-state index contributed by atoms with van der Waals surface area (Å²) in [7, 11) is 0. The second-order valence-corrected chi connectivity index (χ2v) is 7.14. The molecule has 0 aliphatic heterocycles. The van der Waals surface area contributed by atoms with Gasteiger partial charge >= 0.3 is 0 Å². The van der Waals surface area contributed by atoms with Crippen LogP contribution in [-0.2, 0) is 6.54 Å². The molecule has 0 amide bonds. The van der Waals surface area contributed by atoms with Gasteiger partial charge in [-0.3, -0.25) is 4.68 Å². The van der Waals surface area contributed by atoms with Gasteiger partial charge in [0.15, 0.2) is 0 Å². The first kappa shape index (κ1) is 16.2. The Balaban J connectivity index is 2.00. The zero-order chi connectivity index (χ0) is 14.4. The highest BCUT2D eigenvalue weighted by atomic mass is 35.5. The molecular formula is C15H26ClN3S. The highest BCUT2D eigenvalue weighted by Crippen LogP contribution is 2.32. The van der Waals surface area contributed by atoms with Crippen molar-refractivity contribution in [2.75, 3.05) is 12.3 Å². The van der Waals surface area contributed by atoms with Crippen molar-refractivity contribution < 1.29 is 0 Å². The van der Waals surface area contributed by atoms with Crippen LogP contribution in [-0.4, -0.2) is 27.3 Å². The Morgan fingerprint density at radius 3 is 2.80 bits per heavy atom. The molecule has 2 rings (SSSR count). The molecule has 0 radical (unpaired) electrons. The fraction of sp³-hybridized carbons (Fsp3) is 0.800. The van der Waals surface area contributed by atoms with Gasteiger partial charge in [0.1, 0.15) is 0 Å². The van der Waals surface area contributed by atoms with E-state index in [0.717, 1.165) is 34.8 Å². The summed E-state index contributed by atoms with van der Waals surface area (Å²) in [4.78, 5) is 0. The van der Waals surface area contributed by atoms with E-state index in [1.54, 1.807) is 6.20 Å². The molecule has 0 saturated heterocycles. The number of thioether (sulfide) groups is 1. The minimum absolute atomic E-state index is 0.307. The molecule has 1 aliphatic rings. The molecule has 20 heavy (non-hydrogen) atoms. The van der Waals surface area contributed by atoms with Crippen LogP contribution in [0.4, 0.5) is 0 Å². The lowest BCUT2D eigenvalue weighted by atomic mass is 10.0. The molecule has 0 bridgehead atoms. The Morgan fingerprint density at radius 1 is 1.40 bits per heavy atom. The lowest BCUT2D eigenvalue weighted by Gasteiger charge is -2.25.